The molecule has 0 fully saturated rings. The predicted molar refractivity (Wildman–Crippen MR) is 69.2 cm³/mol. The lowest BCUT2D eigenvalue weighted by atomic mass is 9.90. The minimum absolute atomic E-state index is 0.0971. The van der Waals surface area contributed by atoms with E-state index in [-0.39, 0.29) is 16.6 Å². The lowest BCUT2D eigenvalue weighted by molar-refractivity contribution is -0.141. The molecule has 0 bridgehead atoms. The molecular weight excluding hydrogens is 279 g/mol. The number of nitrogens with zero attached hydrogens (tertiary/aromatic N) is 2. The molecule has 7 heteroatoms. The molecule has 1 aromatic heterocycles. The number of anilines is 1. The van der Waals surface area contributed by atoms with Crippen LogP contribution in [0.5, 0.6) is 0 Å². The monoisotopic (exact) mass is 295 g/mol. The first kappa shape index (κ1) is 16.0. The molecule has 0 aliphatic carbocycles. The highest BCUT2D eigenvalue weighted by Crippen LogP contribution is 2.27. The zero-order chi connectivity index (χ0) is 14.7. The summed E-state index contributed by atoms with van der Waals surface area (Å²) in [6, 6.07) is 2.14. The molecule has 1 unspecified atom stereocenters. The van der Waals surface area contributed by atoms with Crippen LogP contribution in [0.3, 0.4) is 0 Å². The molecule has 0 saturated carbocycles. The Hall–Kier alpha value is -1.04. The van der Waals surface area contributed by atoms with Gasteiger partial charge in [-0.05, 0) is 24.0 Å². The van der Waals surface area contributed by atoms with Crippen LogP contribution in [0, 0.1) is 5.41 Å². The molecule has 0 aromatic carbocycles. The minimum Gasteiger partial charge on any atom is -0.367 e. The SMILES string of the molecule is CC(C)(C)CC(Cl)CNc1ccc(C(F)(F)F)nn1. The van der Waals surface area contributed by atoms with E-state index in [9.17, 15) is 13.2 Å². The van der Waals surface area contributed by atoms with Gasteiger partial charge < -0.3 is 5.32 Å². The maximum absolute atomic E-state index is 12.3. The summed E-state index contributed by atoms with van der Waals surface area (Å²) < 4.78 is 36.8. The lowest BCUT2D eigenvalue weighted by Gasteiger charge is -2.22. The van der Waals surface area contributed by atoms with Crippen molar-refractivity contribution in [1.29, 1.82) is 0 Å². The van der Waals surface area contributed by atoms with E-state index < -0.39 is 11.9 Å². The number of nitrogens with one attached hydrogen (secondary N) is 1. The molecule has 19 heavy (non-hydrogen) atoms. The highest BCUT2D eigenvalue weighted by atomic mass is 35.5. The average molecular weight is 296 g/mol. The Kier molecular flexibility index (Phi) is 5.01. The van der Waals surface area contributed by atoms with Crippen molar-refractivity contribution in [3.63, 3.8) is 0 Å². The zero-order valence-corrected chi connectivity index (χ0v) is 11.8. The molecule has 0 aliphatic rings. The Morgan fingerprint density at radius 1 is 1.21 bits per heavy atom. The Labute approximate surface area is 115 Å². The average Bonchev–Trinajstić information content (AvgIpc) is 2.23. The zero-order valence-electron chi connectivity index (χ0n) is 11.1. The predicted octanol–water partition coefficient (Wildman–Crippen LogP) is 3.95. The van der Waals surface area contributed by atoms with Crippen LogP contribution in [0.25, 0.3) is 0 Å². The van der Waals surface area contributed by atoms with Crippen LogP contribution in [0.1, 0.15) is 32.9 Å². The van der Waals surface area contributed by atoms with Crippen molar-refractivity contribution in [3.8, 4) is 0 Å². The van der Waals surface area contributed by atoms with Gasteiger partial charge >= 0.3 is 6.18 Å². The van der Waals surface area contributed by atoms with Crippen molar-refractivity contribution in [2.45, 2.75) is 38.7 Å². The van der Waals surface area contributed by atoms with E-state index in [0.29, 0.717) is 6.54 Å². The summed E-state index contributed by atoms with van der Waals surface area (Å²) in [7, 11) is 0. The fraction of sp³-hybridized carbons (Fsp3) is 0.667. The van der Waals surface area contributed by atoms with Gasteiger partial charge in [-0.25, -0.2) is 0 Å². The van der Waals surface area contributed by atoms with Crippen molar-refractivity contribution < 1.29 is 13.2 Å². The summed E-state index contributed by atoms with van der Waals surface area (Å²) in [5.74, 6) is 0.285. The van der Waals surface area contributed by atoms with E-state index in [0.717, 1.165) is 12.5 Å². The van der Waals surface area contributed by atoms with E-state index in [4.69, 9.17) is 11.6 Å². The van der Waals surface area contributed by atoms with Gasteiger partial charge in [0.05, 0.1) is 5.38 Å². The molecule has 1 N–H and O–H groups in total. The third-order valence-corrected chi connectivity index (χ3v) is 2.60. The van der Waals surface area contributed by atoms with Crippen LogP contribution >= 0.6 is 11.6 Å². The number of rotatable bonds is 4. The van der Waals surface area contributed by atoms with Gasteiger partial charge in [0.1, 0.15) is 5.82 Å². The minimum atomic E-state index is -4.47. The summed E-state index contributed by atoms with van der Waals surface area (Å²) >= 11 is 6.13. The van der Waals surface area contributed by atoms with Gasteiger partial charge in [0.2, 0.25) is 0 Å². The van der Waals surface area contributed by atoms with Gasteiger partial charge in [0.25, 0.3) is 0 Å². The van der Waals surface area contributed by atoms with E-state index in [1.807, 2.05) is 0 Å². The second kappa shape index (κ2) is 5.94. The summed E-state index contributed by atoms with van der Waals surface area (Å²) in [6.07, 6.45) is -3.68. The van der Waals surface area contributed by atoms with Gasteiger partial charge in [-0.1, -0.05) is 20.8 Å². The van der Waals surface area contributed by atoms with Crippen LogP contribution in [0.15, 0.2) is 12.1 Å². The van der Waals surface area contributed by atoms with E-state index in [2.05, 4.69) is 36.3 Å². The van der Waals surface area contributed by atoms with Crippen LogP contribution in [0.4, 0.5) is 19.0 Å². The van der Waals surface area contributed by atoms with Crippen molar-refractivity contribution in [3.05, 3.63) is 17.8 Å². The van der Waals surface area contributed by atoms with Crippen molar-refractivity contribution in [2.24, 2.45) is 5.41 Å². The molecule has 1 heterocycles. The highest BCUT2D eigenvalue weighted by molar-refractivity contribution is 6.20. The van der Waals surface area contributed by atoms with Crippen molar-refractivity contribution >= 4 is 17.4 Å². The van der Waals surface area contributed by atoms with Crippen LogP contribution < -0.4 is 5.32 Å². The Morgan fingerprint density at radius 2 is 1.84 bits per heavy atom. The van der Waals surface area contributed by atoms with E-state index >= 15 is 0 Å². The normalized spacial score (nSPS) is 14.3. The van der Waals surface area contributed by atoms with Crippen LogP contribution in [-0.4, -0.2) is 22.1 Å². The molecule has 3 nitrogen and oxygen atoms in total. The summed E-state index contributed by atoms with van der Waals surface area (Å²) in [6.45, 7) is 6.64. The third-order valence-electron chi connectivity index (χ3n) is 2.29. The molecule has 1 aromatic rings. The van der Waals surface area contributed by atoms with Gasteiger partial charge in [0, 0.05) is 6.54 Å². The number of hydrogen-bond donors (Lipinski definition) is 1. The highest BCUT2D eigenvalue weighted by Gasteiger charge is 2.32. The van der Waals surface area contributed by atoms with Crippen molar-refractivity contribution in [2.75, 3.05) is 11.9 Å². The first-order chi connectivity index (χ1) is 8.58. The number of halogens is 4. The lowest BCUT2D eigenvalue weighted by Crippen LogP contribution is -2.21. The first-order valence-electron chi connectivity index (χ1n) is 5.87. The van der Waals surface area contributed by atoms with Crippen LogP contribution in [0.2, 0.25) is 0 Å². The fourth-order valence-corrected chi connectivity index (χ4v) is 2.07. The second-order valence-electron chi connectivity index (χ2n) is 5.54. The summed E-state index contributed by atoms with van der Waals surface area (Å²) in [5, 5.41) is 9.35. The quantitative estimate of drug-likeness (QED) is 0.855. The maximum Gasteiger partial charge on any atom is 0.435 e. The Morgan fingerprint density at radius 3 is 2.26 bits per heavy atom. The molecule has 1 atom stereocenters. The molecule has 0 saturated heterocycles. The smallest absolute Gasteiger partial charge is 0.367 e. The molecule has 1 rings (SSSR count). The second-order valence-corrected chi connectivity index (χ2v) is 6.16. The first-order valence-corrected chi connectivity index (χ1v) is 6.30. The summed E-state index contributed by atoms with van der Waals surface area (Å²) in [4.78, 5) is 0. The van der Waals surface area contributed by atoms with Gasteiger partial charge in [-0.2, -0.15) is 13.2 Å². The molecule has 0 spiro atoms. The van der Waals surface area contributed by atoms with Crippen LogP contribution in [-0.2, 0) is 6.18 Å². The molecular formula is C12H17ClF3N3. The van der Waals surface area contributed by atoms with Crippen molar-refractivity contribution in [1.82, 2.24) is 10.2 Å². The number of hydrogen-bond acceptors (Lipinski definition) is 3. The number of aromatic nitrogens is 2. The maximum atomic E-state index is 12.3. The topological polar surface area (TPSA) is 37.8 Å². The van der Waals surface area contributed by atoms with Gasteiger partial charge in [-0.3, -0.25) is 0 Å². The molecule has 0 radical (unpaired) electrons. The van der Waals surface area contributed by atoms with Gasteiger partial charge in [-0.15, -0.1) is 21.8 Å². The van der Waals surface area contributed by atoms with E-state index in [1.54, 1.807) is 0 Å². The number of alkyl halides is 4. The Bertz CT molecular complexity index is 398. The molecule has 0 amide bonds. The standard InChI is InChI=1S/C12H17ClF3N3/c1-11(2,3)6-8(13)7-17-10-5-4-9(18-19-10)12(14,15)16/h4-5,8H,6-7H2,1-3H3,(H,17,19). The molecule has 108 valence electrons. The summed E-state index contributed by atoms with van der Waals surface area (Å²) in [5.41, 5.74) is -0.907. The van der Waals surface area contributed by atoms with E-state index in [1.165, 1.54) is 6.07 Å². The molecule has 0 aliphatic heterocycles. The fourth-order valence-electron chi connectivity index (χ4n) is 1.53. The third kappa shape index (κ3) is 6.09. The Balaban J connectivity index is 2.51. The largest absolute Gasteiger partial charge is 0.435 e. The van der Waals surface area contributed by atoms with Gasteiger partial charge in [0.15, 0.2) is 5.69 Å².